The molecule has 26 heavy (non-hydrogen) atoms. The van der Waals surface area contributed by atoms with E-state index in [1.807, 2.05) is 36.6 Å². The molecule has 1 aromatic heterocycles. The first-order valence-corrected chi connectivity index (χ1v) is 9.76. The van der Waals surface area contributed by atoms with Crippen molar-refractivity contribution in [1.29, 1.82) is 0 Å². The molecule has 3 N–H and O–H groups in total. The number of hydrogen-bond acceptors (Lipinski definition) is 5. The van der Waals surface area contributed by atoms with Gasteiger partial charge in [-0.05, 0) is 25.3 Å². The lowest BCUT2D eigenvalue weighted by molar-refractivity contribution is -0.126. The van der Waals surface area contributed by atoms with Crippen molar-refractivity contribution < 1.29 is 9.59 Å². The van der Waals surface area contributed by atoms with Gasteiger partial charge in [-0.1, -0.05) is 24.3 Å². The number of nitrogens with one attached hydrogen (secondary N) is 1. The van der Waals surface area contributed by atoms with Crippen LogP contribution in [0.15, 0.2) is 29.6 Å². The Hall–Kier alpha value is -2.25. The maximum atomic E-state index is 12.8. The highest BCUT2D eigenvalue weighted by Crippen LogP contribution is 2.27. The van der Waals surface area contributed by atoms with Crippen molar-refractivity contribution in [1.82, 2.24) is 15.2 Å². The van der Waals surface area contributed by atoms with Crippen molar-refractivity contribution in [2.24, 2.45) is 11.7 Å². The van der Waals surface area contributed by atoms with E-state index in [9.17, 15) is 9.59 Å². The van der Waals surface area contributed by atoms with Crippen LogP contribution in [0.1, 0.15) is 28.9 Å². The molecule has 0 bridgehead atoms. The smallest absolute Gasteiger partial charge is 0.273 e. The number of amides is 2. The second kappa shape index (κ2) is 8.42. The van der Waals surface area contributed by atoms with Crippen molar-refractivity contribution in [2.75, 3.05) is 26.2 Å². The number of benzene rings is 1. The van der Waals surface area contributed by atoms with Gasteiger partial charge in [-0.2, -0.15) is 0 Å². The Morgan fingerprint density at radius 2 is 2.19 bits per heavy atom. The standard InChI is InChI=1S/C19H24N4O2S/c1-13-5-2-3-7-15(13)18-22-16(12-26-18)19(25)23-10-4-6-14(11-23)17(24)21-9-8-20/h2-3,5,7,12,14H,4,6,8-11,20H2,1H3,(H,21,24). The molecule has 1 atom stereocenters. The molecule has 2 heterocycles. The minimum Gasteiger partial charge on any atom is -0.355 e. The number of piperidine rings is 1. The number of aromatic nitrogens is 1. The van der Waals surface area contributed by atoms with Gasteiger partial charge in [-0.15, -0.1) is 11.3 Å². The second-order valence-corrected chi connectivity index (χ2v) is 7.38. The predicted molar refractivity (Wildman–Crippen MR) is 103 cm³/mol. The third-order valence-corrected chi connectivity index (χ3v) is 5.50. The van der Waals surface area contributed by atoms with Crippen LogP contribution in [0.5, 0.6) is 0 Å². The number of nitrogens with zero attached hydrogens (tertiary/aromatic N) is 2. The van der Waals surface area contributed by atoms with Gasteiger partial charge in [-0.25, -0.2) is 4.98 Å². The summed E-state index contributed by atoms with van der Waals surface area (Å²) in [5, 5.41) is 5.47. The van der Waals surface area contributed by atoms with Crippen LogP contribution in [0, 0.1) is 12.8 Å². The van der Waals surface area contributed by atoms with Gasteiger partial charge in [0.25, 0.3) is 5.91 Å². The number of hydrogen-bond donors (Lipinski definition) is 2. The zero-order chi connectivity index (χ0) is 18.5. The molecule has 138 valence electrons. The van der Waals surface area contributed by atoms with Gasteiger partial charge in [-0.3, -0.25) is 9.59 Å². The first kappa shape index (κ1) is 18.5. The van der Waals surface area contributed by atoms with Crippen LogP contribution in [-0.2, 0) is 4.79 Å². The molecule has 1 aromatic carbocycles. The highest BCUT2D eigenvalue weighted by atomic mass is 32.1. The van der Waals surface area contributed by atoms with Gasteiger partial charge < -0.3 is 16.0 Å². The number of rotatable bonds is 5. The third-order valence-electron chi connectivity index (χ3n) is 4.62. The molecule has 6 nitrogen and oxygen atoms in total. The van der Waals surface area contributed by atoms with Crippen LogP contribution < -0.4 is 11.1 Å². The molecule has 1 saturated heterocycles. The van der Waals surface area contributed by atoms with Crippen molar-refractivity contribution in [3.8, 4) is 10.6 Å². The van der Waals surface area contributed by atoms with E-state index in [1.54, 1.807) is 4.90 Å². The Balaban J connectivity index is 1.69. The van der Waals surface area contributed by atoms with Crippen LogP contribution in [0.25, 0.3) is 10.6 Å². The van der Waals surface area contributed by atoms with Crippen LogP contribution in [0.3, 0.4) is 0 Å². The fraction of sp³-hybridized carbons (Fsp3) is 0.421. The van der Waals surface area contributed by atoms with Gasteiger partial charge in [0.2, 0.25) is 5.91 Å². The summed E-state index contributed by atoms with van der Waals surface area (Å²) >= 11 is 1.48. The summed E-state index contributed by atoms with van der Waals surface area (Å²) in [7, 11) is 0. The number of likely N-dealkylation sites (tertiary alicyclic amines) is 1. The van der Waals surface area contributed by atoms with E-state index >= 15 is 0 Å². The van der Waals surface area contributed by atoms with E-state index < -0.39 is 0 Å². The fourth-order valence-corrected chi connectivity index (χ4v) is 4.07. The molecule has 0 spiro atoms. The summed E-state index contributed by atoms with van der Waals surface area (Å²) in [5.74, 6) is -0.294. The summed E-state index contributed by atoms with van der Waals surface area (Å²) in [6, 6.07) is 8.01. The Kier molecular flexibility index (Phi) is 6.00. The number of nitrogens with two attached hydrogens (primary N) is 1. The van der Waals surface area contributed by atoms with E-state index in [4.69, 9.17) is 5.73 Å². The minimum absolute atomic E-state index is 0.0215. The maximum Gasteiger partial charge on any atom is 0.273 e. The molecule has 2 aromatic rings. The first-order valence-electron chi connectivity index (χ1n) is 8.88. The predicted octanol–water partition coefficient (Wildman–Crippen LogP) is 2.05. The Morgan fingerprint density at radius 3 is 2.96 bits per heavy atom. The lowest BCUT2D eigenvalue weighted by Gasteiger charge is -2.31. The lowest BCUT2D eigenvalue weighted by atomic mass is 9.97. The van der Waals surface area contributed by atoms with Crippen LogP contribution in [-0.4, -0.2) is 47.9 Å². The van der Waals surface area contributed by atoms with E-state index in [2.05, 4.69) is 10.3 Å². The number of carbonyl (C=O) groups is 2. The molecule has 1 unspecified atom stereocenters. The summed E-state index contributed by atoms with van der Waals surface area (Å²) < 4.78 is 0. The minimum atomic E-state index is -0.172. The number of aryl methyl sites for hydroxylation is 1. The van der Waals surface area contributed by atoms with Crippen LogP contribution >= 0.6 is 11.3 Å². The normalized spacial score (nSPS) is 17.2. The zero-order valence-corrected chi connectivity index (χ0v) is 15.7. The quantitative estimate of drug-likeness (QED) is 0.841. The molecule has 1 aliphatic rings. The van der Waals surface area contributed by atoms with Gasteiger partial charge >= 0.3 is 0 Å². The number of carbonyl (C=O) groups excluding carboxylic acids is 2. The maximum absolute atomic E-state index is 12.8. The van der Waals surface area contributed by atoms with Crippen molar-refractivity contribution >= 4 is 23.2 Å². The summed E-state index contributed by atoms with van der Waals surface area (Å²) in [5.41, 5.74) is 8.07. The molecule has 1 fully saturated rings. The Labute approximate surface area is 157 Å². The molecular formula is C19H24N4O2S. The lowest BCUT2D eigenvalue weighted by Crippen LogP contribution is -2.46. The third kappa shape index (κ3) is 4.11. The van der Waals surface area contributed by atoms with Gasteiger partial charge in [0.05, 0.1) is 5.92 Å². The molecule has 0 aliphatic carbocycles. The summed E-state index contributed by atoms with van der Waals surface area (Å²) in [4.78, 5) is 31.3. The second-order valence-electron chi connectivity index (χ2n) is 6.52. The first-order chi connectivity index (χ1) is 12.6. The molecule has 0 radical (unpaired) electrons. The van der Waals surface area contributed by atoms with E-state index in [-0.39, 0.29) is 17.7 Å². The van der Waals surface area contributed by atoms with Gasteiger partial charge in [0, 0.05) is 37.1 Å². The van der Waals surface area contributed by atoms with Crippen molar-refractivity contribution in [2.45, 2.75) is 19.8 Å². The average Bonchev–Trinajstić information content (AvgIpc) is 3.16. The van der Waals surface area contributed by atoms with Crippen LogP contribution in [0.4, 0.5) is 0 Å². The van der Waals surface area contributed by atoms with Crippen molar-refractivity contribution in [3.63, 3.8) is 0 Å². The summed E-state index contributed by atoms with van der Waals surface area (Å²) in [6.45, 7) is 4.02. The summed E-state index contributed by atoms with van der Waals surface area (Å²) in [6.07, 6.45) is 1.62. The molecule has 7 heteroatoms. The topological polar surface area (TPSA) is 88.3 Å². The molecular weight excluding hydrogens is 348 g/mol. The zero-order valence-electron chi connectivity index (χ0n) is 14.9. The average molecular weight is 372 g/mol. The Morgan fingerprint density at radius 1 is 1.38 bits per heavy atom. The van der Waals surface area contributed by atoms with E-state index in [1.165, 1.54) is 11.3 Å². The van der Waals surface area contributed by atoms with Gasteiger partial charge in [0.15, 0.2) is 0 Å². The molecule has 0 saturated carbocycles. The van der Waals surface area contributed by atoms with Crippen molar-refractivity contribution in [3.05, 3.63) is 40.9 Å². The number of thiazole rings is 1. The van der Waals surface area contributed by atoms with Gasteiger partial charge in [0.1, 0.15) is 10.7 Å². The monoisotopic (exact) mass is 372 g/mol. The van der Waals surface area contributed by atoms with E-state index in [0.717, 1.165) is 29.0 Å². The fourth-order valence-electron chi connectivity index (χ4n) is 3.19. The molecule has 3 rings (SSSR count). The Bertz CT molecular complexity index is 789. The molecule has 1 aliphatic heterocycles. The molecule has 2 amide bonds. The SMILES string of the molecule is Cc1ccccc1-c1nc(C(=O)N2CCCC(C(=O)NCCN)C2)cs1. The highest BCUT2D eigenvalue weighted by molar-refractivity contribution is 7.13. The van der Waals surface area contributed by atoms with E-state index in [0.29, 0.717) is 31.9 Å². The largest absolute Gasteiger partial charge is 0.355 e. The van der Waals surface area contributed by atoms with Crippen LogP contribution in [0.2, 0.25) is 0 Å². The highest BCUT2D eigenvalue weighted by Gasteiger charge is 2.29.